The van der Waals surface area contributed by atoms with Gasteiger partial charge in [0.15, 0.2) is 11.5 Å². The quantitative estimate of drug-likeness (QED) is 0.489. The van der Waals surface area contributed by atoms with E-state index in [1.807, 2.05) is 24.3 Å². The molecule has 5 atom stereocenters. The molecule has 1 fully saturated rings. The van der Waals surface area contributed by atoms with Crippen LogP contribution in [0.2, 0.25) is 0 Å². The van der Waals surface area contributed by atoms with Crippen LogP contribution in [0.4, 0.5) is 0 Å². The molecule has 0 aliphatic carbocycles. The van der Waals surface area contributed by atoms with Gasteiger partial charge < -0.3 is 44.1 Å². The first-order valence-electron chi connectivity index (χ1n) is 10.0. The summed E-state index contributed by atoms with van der Waals surface area (Å²) in [6.45, 7) is -0.295. The van der Waals surface area contributed by atoms with Crippen molar-refractivity contribution >= 4 is 0 Å². The molecule has 2 aliphatic heterocycles. The molecular formula is C22H26O9. The second-order valence-electron chi connectivity index (χ2n) is 7.52. The third kappa shape index (κ3) is 4.70. The maximum atomic E-state index is 10.2. The first kappa shape index (κ1) is 21.7. The van der Waals surface area contributed by atoms with Crippen molar-refractivity contribution in [3.63, 3.8) is 0 Å². The Balaban J connectivity index is 1.47. The SMILES string of the molecule is COc1cc(CCc2ccc3c(c2)OCO3)cc(O[C@@H]2O[C@H](CO)[C@@H](O)[C@H](O)[C@H]2O)c1. The zero-order chi connectivity index (χ0) is 22.0. The van der Waals surface area contributed by atoms with Crippen LogP contribution in [-0.2, 0) is 17.6 Å². The Morgan fingerprint density at radius 3 is 2.39 bits per heavy atom. The van der Waals surface area contributed by atoms with Gasteiger partial charge in [0, 0.05) is 6.07 Å². The normalized spacial score (nSPS) is 27.2. The molecule has 0 spiro atoms. The number of fused-ring (bicyclic) bond motifs is 1. The lowest BCUT2D eigenvalue weighted by Gasteiger charge is -2.39. The fourth-order valence-corrected chi connectivity index (χ4v) is 3.64. The molecule has 0 saturated carbocycles. The zero-order valence-corrected chi connectivity index (χ0v) is 17.0. The Bertz CT molecular complexity index is 901. The molecule has 0 radical (unpaired) electrons. The van der Waals surface area contributed by atoms with Crippen molar-refractivity contribution in [2.24, 2.45) is 0 Å². The molecule has 0 aromatic heterocycles. The third-order valence-corrected chi connectivity index (χ3v) is 5.42. The lowest BCUT2D eigenvalue weighted by molar-refractivity contribution is -0.277. The van der Waals surface area contributed by atoms with E-state index < -0.39 is 37.3 Å². The topological polar surface area (TPSA) is 127 Å². The molecule has 0 bridgehead atoms. The molecule has 168 valence electrons. The van der Waals surface area contributed by atoms with Gasteiger partial charge in [-0.2, -0.15) is 0 Å². The van der Waals surface area contributed by atoms with E-state index >= 15 is 0 Å². The molecule has 2 aromatic rings. The summed E-state index contributed by atoms with van der Waals surface area (Å²) in [5.41, 5.74) is 2.01. The van der Waals surface area contributed by atoms with Gasteiger partial charge in [-0.05, 0) is 48.2 Å². The number of hydrogen-bond acceptors (Lipinski definition) is 9. The molecule has 2 heterocycles. The largest absolute Gasteiger partial charge is 0.497 e. The summed E-state index contributed by atoms with van der Waals surface area (Å²) in [6.07, 6.45) is -5.31. The van der Waals surface area contributed by atoms with Crippen LogP contribution in [0.15, 0.2) is 36.4 Å². The van der Waals surface area contributed by atoms with Crippen LogP contribution in [0.1, 0.15) is 11.1 Å². The van der Waals surface area contributed by atoms with Gasteiger partial charge in [0.05, 0.1) is 13.7 Å². The smallest absolute Gasteiger partial charge is 0.231 e. The van der Waals surface area contributed by atoms with E-state index in [2.05, 4.69) is 0 Å². The minimum absolute atomic E-state index is 0.229. The molecule has 0 unspecified atom stereocenters. The van der Waals surface area contributed by atoms with Crippen LogP contribution in [0.3, 0.4) is 0 Å². The Hall–Kier alpha value is -2.56. The lowest BCUT2D eigenvalue weighted by Crippen LogP contribution is -2.60. The summed E-state index contributed by atoms with van der Waals surface area (Å²) in [7, 11) is 1.54. The number of benzene rings is 2. The highest BCUT2D eigenvalue weighted by molar-refractivity contribution is 5.45. The predicted octanol–water partition coefficient (Wildman–Crippen LogP) is 0.388. The van der Waals surface area contributed by atoms with E-state index in [-0.39, 0.29) is 6.79 Å². The van der Waals surface area contributed by atoms with Crippen molar-refractivity contribution in [1.29, 1.82) is 0 Å². The summed E-state index contributed by atoms with van der Waals surface area (Å²) >= 11 is 0. The van der Waals surface area contributed by atoms with Gasteiger partial charge in [-0.15, -0.1) is 0 Å². The van der Waals surface area contributed by atoms with Crippen LogP contribution in [0, 0.1) is 0 Å². The Kier molecular flexibility index (Phi) is 6.49. The Labute approximate surface area is 179 Å². The van der Waals surface area contributed by atoms with Gasteiger partial charge in [0.1, 0.15) is 35.9 Å². The highest BCUT2D eigenvalue weighted by Gasteiger charge is 2.44. The summed E-state index contributed by atoms with van der Waals surface area (Å²) < 4.78 is 27.3. The molecule has 31 heavy (non-hydrogen) atoms. The number of aryl methyl sites for hydroxylation is 2. The van der Waals surface area contributed by atoms with Crippen molar-refractivity contribution in [3.05, 3.63) is 47.5 Å². The van der Waals surface area contributed by atoms with Gasteiger partial charge in [0.25, 0.3) is 0 Å². The molecule has 4 rings (SSSR count). The van der Waals surface area contributed by atoms with Crippen molar-refractivity contribution in [2.75, 3.05) is 20.5 Å². The first-order chi connectivity index (χ1) is 15.0. The van der Waals surface area contributed by atoms with Crippen LogP contribution < -0.4 is 18.9 Å². The number of rotatable bonds is 7. The number of ether oxygens (including phenoxy) is 5. The minimum Gasteiger partial charge on any atom is -0.497 e. The van der Waals surface area contributed by atoms with Gasteiger partial charge in [-0.3, -0.25) is 0 Å². The molecule has 9 nitrogen and oxygen atoms in total. The van der Waals surface area contributed by atoms with Gasteiger partial charge in [-0.1, -0.05) is 6.07 Å². The first-order valence-corrected chi connectivity index (χ1v) is 10.0. The highest BCUT2D eigenvalue weighted by atomic mass is 16.7. The zero-order valence-electron chi connectivity index (χ0n) is 17.0. The summed E-state index contributed by atoms with van der Waals surface area (Å²) in [5, 5.41) is 39.4. The van der Waals surface area contributed by atoms with Crippen LogP contribution in [0.5, 0.6) is 23.0 Å². The highest BCUT2D eigenvalue weighted by Crippen LogP contribution is 2.33. The Morgan fingerprint density at radius 1 is 0.871 bits per heavy atom. The summed E-state index contributed by atoms with van der Waals surface area (Å²) in [4.78, 5) is 0. The summed E-state index contributed by atoms with van der Waals surface area (Å²) in [6, 6.07) is 11.1. The number of aliphatic hydroxyl groups excluding tert-OH is 4. The van der Waals surface area contributed by atoms with E-state index in [9.17, 15) is 20.4 Å². The Morgan fingerprint density at radius 2 is 1.61 bits per heavy atom. The van der Waals surface area contributed by atoms with Gasteiger partial charge in [0.2, 0.25) is 13.1 Å². The fraction of sp³-hybridized carbons (Fsp3) is 0.455. The number of hydrogen-bond donors (Lipinski definition) is 4. The van der Waals surface area contributed by atoms with Crippen molar-refractivity contribution in [2.45, 2.75) is 43.5 Å². The van der Waals surface area contributed by atoms with Gasteiger partial charge in [-0.25, -0.2) is 0 Å². The van der Waals surface area contributed by atoms with Gasteiger partial charge >= 0.3 is 0 Å². The molecule has 0 amide bonds. The molecule has 1 saturated heterocycles. The number of methoxy groups -OCH3 is 1. The standard InChI is InChI=1S/C22H26O9/c1-27-14-6-13(3-2-12-4-5-16-17(8-12)29-11-28-16)7-15(9-14)30-22-21(26)20(25)19(24)18(10-23)31-22/h4-9,18-26H,2-3,10-11H2,1H3/t18-,19-,20+,21-,22-/m1/s1. The van der Waals surface area contributed by atoms with E-state index in [1.165, 1.54) is 7.11 Å². The second kappa shape index (κ2) is 9.29. The van der Waals surface area contributed by atoms with Crippen LogP contribution in [0.25, 0.3) is 0 Å². The van der Waals surface area contributed by atoms with Crippen LogP contribution in [-0.4, -0.2) is 71.6 Å². The fourth-order valence-electron chi connectivity index (χ4n) is 3.64. The number of aliphatic hydroxyl groups is 4. The van der Waals surface area contributed by atoms with E-state index in [0.717, 1.165) is 29.0 Å². The third-order valence-electron chi connectivity index (χ3n) is 5.42. The minimum atomic E-state index is -1.51. The van der Waals surface area contributed by atoms with E-state index in [4.69, 9.17) is 23.7 Å². The molecule has 4 N–H and O–H groups in total. The van der Waals surface area contributed by atoms with E-state index in [0.29, 0.717) is 17.9 Å². The van der Waals surface area contributed by atoms with Crippen molar-refractivity contribution < 1.29 is 44.1 Å². The molecule has 9 heteroatoms. The average Bonchev–Trinajstić information content (AvgIpc) is 3.26. The maximum absolute atomic E-state index is 10.2. The van der Waals surface area contributed by atoms with E-state index in [1.54, 1.807) is 12.1 Å². The second-order valence-corrected chi connectivity index (χ2v) is 7.52. The summed E-state index contributed by atoms with van der Waals surface area (Å²) in [5.74, 6) is 2.39. The predicted molar refractivity (Wildman–Crippen MR) is 107 cm³/mol. The lowest BCUT2D eigenvalue weighted by atomic mass is 9.99. The average molecular weight is 434 g/mol. The maximum Gasteiger partial charge on any atom is 0.231 e. The molecule has 2 aromatic carbocycles. The van der Waals surface area contributed by atoms with Crippen molar-refractivity contribution in [3.8, 4) is 23.0 Å². The molecular weight excluding hydrogens is 408 g/mol. The van der Waals surface area contributed by atoms with Crippen molar-refractivity contribution in [1.82, 2.24) is 0 Å². The van der Waals surface area contributed by atoms with Crippen LogP contribution >= 0.6 is 0 Å². The monoisotopic (exact) mass is 434 g/mol. The molecule has 2 aliphatic rings.